The summed E-state index contributed by atoms with van der Waals surface area (Å²) in [4.78, 5) is 11.5. The summed E-state index contributed by atoms with van der Waals surface area (Å²) in [5.74, 6) is 0. The topological polar surface area (TPSA) is 48.6 Å². The second-order valence-corrected chi connectivity index (χ2v) is 3.55. The molecule has 1 aromatic carbocycles. The number of aromatic amines is 2. The zero-order chi connectivity index (χ0) is 10.7. The lowest BCUT2D eigenvalue weighted by molar-refractivity contribution is 0.915. The first-order chi connectivity index (χ1) is 7.33. The van der Waals surface area contributed by atoms with E-state index < -0.39 is 0 Å². The maximum atomic E-state index is 11.5. The summed E-state index contributed by atoms with van der Waals surface area (Å²) < 4.78 is 0. The largest absolute Gasteiger partial charge is 0.297 e. The van der Waals surface area contributed by atoms with Crippen molar-refractivity contribution in [2.24, 2.45) is 0 Å². The molecule has 78 valence electrons. The lowest BCUT2D eigenvalue weighted by atomic mass is 10.1. The van der Waals surface area contributed by atoms with Gasteiger partial charge < -0.3 is 0 Å². The van der Waals surface area contributed by atoms with Crippen molar-refractivity contribution in [3.8, 4) is 11.3 Å². The number of benzene rings is 1. The Labute approximate surface area is 88.1 Å². The number of hydrogen-bond acceptors (Lipinski definition) is 1. The second kappa shape index (κ2) is 4.17. The fourth-order valence-corrected chi connectivity index (χ4v) is 1.72. The summed E-state index contributed by atoms with van der Waals surface area (Å²) in [7, 11) is 0. The van der Waals surface area contributed by atoms with Crippen LogP contribution in [-0.2, 0) is 6.42 Å². The van der Waals surface area contributed by atoms with Gasteiger partial charge in [0.1, 0.15) is 0 Å². The average molecular weight is 202 g/mol. The van der Waals surface area contributed by atoms with Crippen LogP contribution in [0.2, 0.25) is 0 Å². The molecule has 1 aromatic heterocycles. The summed E-state index contributed by atoms with van der Waals surface area (Å²) in [5.41, 5.74) is 2.82. The minimum atomic E-state index is -0.00398. The molecule has 2 rings (SSSR count). The molecular weight excluding hydrogens is 188 g/mol. The molecule has 0 aliphatic heterocycles. The van der Waals surface area contributed by atoms with Crippen molar-refractivity contribution in [3.63, 3.8) is 0 Å². The maximum Gasteiger partial charge on any atom is 0.267 e. The van der Waals surface area contributed by atoms with Gasteiger partial charge in [-0.2, -0.15) is 0 Å². The summed E-state index contributed by atoms with van der Waals surface area (Å²) in [6, 6.07) is 9.90. The lowest BCUT2D eigenvalue weighted by Crippen LogP contribution is -2.05. The van der Waals surface area contributed by atoms with Gasteiger partial charge in [0, 0.05) is 5.56 Å². The summed E-state index contributed by atoms with van der Waals surface area (Å²) in [5, 5.41) is 5.58. The Morgan fingerprint density at radius 3 is 2.53 bits per heavy atom. The van der Waals surface area contributed by atoms with Gasteiger partial charge in [0.05, 0.1) is 5.69 Å². The van der Waals surface area contributed by atoms with Crippen LogP contribution in [-0.4, -0.2) is 10.2 Å². The fraction of sp³-hybridized carbons (Fsp3) is 0.250. The van der Waals surface area contributed by atoms with E-state index in [1.54, 1.807) is 0 Å². The van der Waals surface area contributed by atoms with Crippen LogP contribution in [0, 0.1) is 0 Å². The van der Waals surface area contributed by atoms with Gasteiger partial charge in [-0.15, -0.1) is 0 Å². The highest BCUT2D eigenvalue weighted by molar-refractivity contribution is 5.62. The number of H-pyrrole nitrogens is 2. The summed E-state index contributed by atoms with van der Waals surface area (Å²) in [6.07, 6.45) is 1.78. The minimum absolute atomic E-state index is 0.00398. The van der Waals surface area contributed by atoms with Crippen molar-refractivity contribution in [2.45, 2.75) is 19.8 Å². The molecule has 3 nitrogen and oxygen atoms in total. The zero-order valence-electron chi connectivity index (χ0n) is 8.71. The molecule has 0 aliphatic carbocycles. The molecule has 0 saturated carbocycles. The third kappa shape index (κ3) is 1.86. The van der Waals surface area contributed by atoms with E-state index in [4.69, 9.17) is 0 Å². The Bertz CT molecular complexity index is 482. The van der Waals surface area contributed by atoms with Crippen molar-refractivity contribution < 1.29 is 0 Å². The molecule has 15 heavy (non-hydrogen) atoms. The van der Waals surface area contributed by atoms with E-state index in [-0.39, 0.29) is 5.56 Å². The Kier molecular flexibility index (Phi) is 2.72. The van der Waals surface area contributed by atoms with E-state index in [1.807, 2.05) is 30.3 Å². The number of rotatable bonds is 3. The normalized spacial score (nSPS) is 10.5. The molecular formula is C12H14N2O. The third-order valence-corrected chi connectivity index (χ3v) is 2.44. The standard InChI is InChI=1S/C12H14N2O/c1-2-6-10-11(13-14-12(10)15)9-7-4-3-5-8-9/h3-5,7-8H,2,6H2,1H3,(H2,13,14,15). The van der Waals surface area contributed by atoms with E-state index in [0.29, 0.717) is 0 Å². The predicted molar refractivity (Wildman–Crippen MR) is 60.8 cm³/mol. The molecule has 0 spiro atoms. The van der Waals surface area contributed by atoms with Gasteiger partial charge in [0.15, 0.2) is 0 Å². The Balaban J connectivity index is 2.49. The number of aromatic nitrogens is 2. The molecule has 0 fully saturated rings. The molecule has 0 saturated heterocycles. The van der Waals surface area contributed by atoms with Crippen molar-refractivity contribution >= 4 is 0 Å². The van der Waals surface area contributed by atoms with Gasteiger partial charge in [0.25, 0.3) is 5.56 Å². The van der Waals surface area contributed by atoms with Crippen LogP contribution in [0.25, 0.3) is 11.3 Å². The Morgan fingerprint density at radius 1 is 1.13 bits per heavy atom. The van der Waals surface area contributed by atoms with E-state index in [1.165, 1.54) is 0 Å². The lowest BCUT2D eigenvalue weighted by Gasteiger charge is -2.00. The molecule has 0 aliphatic rings. The highest BCUT2D eigenvalue weighted by Gasteiger charge is 2.09. The third-order valence-electron chi connectivity index (χ3n) is 2.44. The molecule has 0 amide bonds. The fourth-order valence-electron chi connectivity index (χ4n) is 1.72. The zero-order valence-corrected chi connectivity index (χ0v) is 8.71. The number of hydrogen-bond donors (Lipinski definition) is 2. The van der Waals surface area contributed by atoms with Gasteiger partial charge in [0.2, 0.25) is 0 Å². The van der Waals surface area contributed by atoms with Crippen molar-refractivity contribution in [3.05, 3.63) is 46.2 Å². The van der Waals surface area contributed by atoms with Gasteiger partial charge in [-0.05, 0) is 12.0 Å². The van der Waals surface area contributed by atoms with E-state index in [9.17, 15) is 4.79 Å². The van der Waals surface area contributed by atoms with Crippen LogP contribution in [0.5, 0.6) is 0 Å². The van der Waals surface area contributed by atoms with Gasteiger partial charge in [-0.3, -0.25) is 15.0 Å². The molecule has 0 unspecified atom stereocenters. The molecule has 2 aromatic rings. The first kappa shape index (κ1) is 9.77. The van der Waals surface area contributed by atoms with Gasteiger partial charge in [-0.25, -0.2) is 0 Å². The monoisotopic (exact) mass is 202 g/mol. The average Bonchev–Trinajstić information content (AvgIpc) is 2.63. The maximum absolute atomic E-state index is 11.5. The van der Waals surface area contributed by atoms with Crippen LogP contribution in [0.3, 0.4) is 0 Å². The summed E-state index contributed by atoms with van der Waals surface area (Å²) in [6.45, 7) is 2.07. The smallest absolute Gasteiger partial charge is 0.267 e. The van der Waals surface area contributed by atoms with Crippen molar-refractivity contribution in [1.29, 1.82) is 0 Å². The molecule has 1 heterocycles. The van der Waals surface area contributed by atoms with E-state index >= 15 is 0 Å². The number of nitrogens with one attached hydrogen (secondary N) is 2. The van der Waals surface area contributed by atoms with E-state index in [0.717, 1.165) is 29.7 Å². The van der Waals surface area contributed by atoms with Crippen molar-refractivity contribution in [1.82, 2.24) is 10.2 Å². The molecule has 3 heteroatoms. The SMILES string of the molecule is CCCc1c(-c2ccccc2)[nH][nH]c1=O. The highest BCUT2D eigenvalue weighted by Crippen LogP contribution is 2.18. The van der Waals surface area contributed by atoms with Crippen LogP contribution in [0.15, 0.2) is 35.1 Å². The van der Waals surface area contributed by atoms with Gasteiger partial charge in [-0.1, -0.05) is 43.7 Å². The first-order valence-corrected chi connectivity index (χ1v) is 5.18. The Hall–Kier alpha value is -1.77. The second-order valence-electron chi connectivity index (χ2n) is 3.55. The van der Waals surface area contributed by atoms with Crippen LogP contribution < -0.4 is 5.56 Å². The van der Waals surface area contributed by atoms with E-state index in [2.05, 4.69) is 17.1 Å². The molecule has 2 N–H and O–H groups in total. The predicted octanol–water partition coefficient (Wildman–Crippen LogP) is 2.32. The minimum Gasteiger partial charge on any atom is -0.297 e. The van der Waals surface area contributed by atoms with Gasteiger partial charge >= 0.3 is 0 Å². The quantitative estimate of drug-likeness (QED) is 0.788. The molecule has 0 atom stereocenters. The summed E-state index contributed by atoms with van der Waals surface area (Å²) >= 11 is 0. The molecule has 0 bridgehead atoms. The Morgan fingerprint density at radius 2 is 1.87 bits per heavy atom. The molecule has 0 radical (unpaired) electrons. The highest BCUT2D eigenvalue weighted by atomic mass is 16.1. The first-order valence-electron chi connectivity index (χ1n) is 5.18. The van der Waals surface area contributed by atoms with Crippen LogP contribution in [0.4, 0.5) is 0 Å². The van der Waals surface area contributed by atoms with Crippen LogP contribution >= 0.6 is 0 Å². The van der Waals surface area contributed by atoms with Crippen LogP contribution in [0.1, 0.15) is 18.9 Å². The van der Waals surface area contributed by atoms with Crippen molar-refractivity contribution in [2.75, 3.05) is 0 Å².